The highest BCUT2D eigenvalue weighted by molar-refractivity contribution is 6.24. The van der Waals surface area contributed by atoms with Crippen LogP contribution in [0.1, 0.15) is 56.7 Å². The SMILES string of the molecule is CN(C)[C@H]1C(=O)C(C(N)=O)=C(O)[C@]2(O)C(=O)C3=C(O)c4c(O)c(CCCC(C)(C)C)cc(-c5ccoc5)c4C[C@@H]3C[C@H]12. The number of Topliss-reactive ketones (excluding diaryl/α,β-unsaturated/α-hetero) is 2. The molecule has 0 saturated heterocycles. The van der Waals surface area contributed by atoms with Gasteiger partial charge in [0.15, 0.2) is 11.4 Å². The quantitative estimate of drug-likeness (QED) is 0.321. The number of aliphatic hydroxyl groups is 3. The van der Waals surface area contributed by atoms with E-state index in [4.69, 9.17) is 10.2 Å². The van der Waals surface area contributed by atoms with Crippen molar-refractivity contribution in [3.63, 3.8) is 0 Å². The minimum absolute atomic E-state index is 0.0324. The van der Waals surface area contributed by atoms with Crippen LogP contribution in [0.25, 0.3) is 16.9 Å². The van der Waals surface area contributed by atoms with Gasteiger partial charge in [0.05, 0.1) is 24.1 Å². The summed E-state index contributed by atoms with van der Waals surface area (Å²) in [5, 5.41) is 46.1. The predicted molar refractivity (Wildman–Crippen MR) is 154 cm³/mol. The number of ketones is 2. The zero-order valence-electron chi connectivity index (χ0n) is 24.5. The summed E-state index contributed by atoms with van der Waals surface area (Å²) in [6, 6.07) is 2.54. The number of phenolic OH excluding ortho intramolecular Hbond substituents is 1. The van der Waals surface area contributed by atoms with E-state index in [1.54, 1.807) is 26.4 Å². The van der Waals surface area contributed by atoms with Crippen LogP contribution < -0.4 is 5.73 Å². The molecule has 2 aromatic rings. The lowest BCUT2D eigenvalue weighted by Crippen LogP contribution is -2.65. The Hall–Kier alpha value is -3.89. The number of hydrogen-bond acceptors (Lipinski definition) is 9. The number of likely N-dealkylation sites (N-methyl/N-ethyl adjacent to an activating group) is 1. The molecule has 10 nitrogen and oxygen atoms in total. The molecular weight excluding hydrogens is 540 g/mol. The predicted octanol–water partition coefficient (Wildman–Crippen LogP) is 3.59. The molecule has 1 heterocycles. The molecule has 1 aromatic heterocycles. The molecule has 0 unspecified atom stereocenters. The molecule has 1 amide bonds. The highest BCUT2D eigenvalue weighted by atomic mass is 16.3. The highest BCUT2D eigenvalue weighted by Crippen LogP contribution is 2.54. The van der Waals surface area contributed by atoms with Crippen LogP contribution in [0.2, 0.25) is 0 Å². The minimum Gasteiger partial charge on any atom is -0.508 e. The maximum absolute atomic E-state index is 14.1. The Kier molecular flexibility index (Phi) is 7.14. The van der Waals surface area contributed by atoms with Gasteiger partial charge in [0, 0.05) is 17.1 Å². The Bertz CT molecular complexity index is 1540. The van der Waals surface area contributed by atoms with E-state index < -0.39 is 58.0 Å². The molecule has 0 radical (unpaired) electrons. The first kappa shape index (κ1) is 29.6. The van der Waals surface area contributed by atoms with Gasteiger partial charge in [0.25, 0.3) is 5.91 Å². The molecule has 4 atom stereocenters. The van der Waals surface area contributed by atoms with Crippen LogP contribution >= 0.6 is 0 Å². The number of carbonyl (C=O) groups excluding carboxylic acids is 3. The summed E-state index contributed by atoms with van der Waals surface area (Å²) < 4.78 is 5.35. The normalized spacial score (nSPS) is 25.9. The summed E-state index contributed by atoms with van der Waals surface area (Å²) in [5.74, 6) is -6.59. The Labute approximate surface area is 244 Å². The van der Waals surface area contributed by atoms with Gasteiger partial charge in [-0.15, -0.1) is 0 Å². The van der Waals surface area contributed by atoms with Gasteiger partial charge < -0.3 is 30.6 Å². The van der Waals surface area contributed by atoms with E-state index >= 15 is 0 Å². The van der Waals surface area contributed by atoms with Gasteiger partial charge in [0.1, 0.15) is 22.8 Å². The lowest BCUT2D eigenvalue weighted by Gasteiger charge is -2.50. The van der Waals surface area contributed by atoms with Crippen LogP contribution in [0.4, 0.5) is 0 Å². The third-order valence-corrected chi connectivity index (χ3v) is 9.00. The largest absolute Gasteiger partial charge is 0.508 e. The second kappa shape index (κ2) is 10.1. The van der Waals surface area contributed by atoms with Crippen molar-refractivity contribution in [2.75, 3.05) is 14.1 Å². The average Bonchev–Trinajstić information content (AvgIpc) is 3.41. The van der Waals surface area contributed by atoms with Gasteiger partial charge in [0.2, 0.25) is 5.78 Å². The van der Waals surface area contributed by atoms with E-state index in [0.29, 0.717) is 17.5 Å². The number of rotatable bonds is 6. The number of nitrogens with zero attached hydrogens (tertiary/aromatic N) is 1. The van der Waals surface area contributed by atoms with Crippen molar-refractivity contribution in [2.24, 2.45) is 23.0 Å². The lowest BCUT2D eigenvalue weighted by molar-refractivity contribution is -0.153. The molecule has 10 heteroatoms. The molecule has 0 spiro atoms. The summed E-state index contributed by atoms with van der Waals surface area (Å²) in [7, 11) is 3.15. The first-order valence-electron chi connectivity index (χ1n) is 14.1. The molecule has 3 aliphatic carbocycles. The van der Waals surface area contributed by atoms with Crippen LogP contribution in [-0.4, -0.2) is 68.5 Å². The third kappa shape index (κ3) is 4.44. The van der Waals surface area contributed by atoms with Crippen molar-refractivity contribution < 1.29 is 39.2 Å². The Morgan fingerprint density at radius 1 is 1.19 bits per heavy atom. The molecule has 6 N–H and O–H groups in total. The Morgan fingerprint density at radius 2 is 1.88 bits per heavy atom. The second-order valence-electron chi connectivity index (χ2n) is 13.2. The molecule has 42 heavy (non-hydrogen) atoms. The fourth-order valence-electron chi connectivity index (χ4n) is 7.04. The monoisotopic (exact) mass is 578 g/mol. The second-order valence-corrected chi connectivity index (χ2v) is 13.2. The number of hydrogen-bond donors (Lipinski definition) is 5. The molecule has 0 aliphatic heterocycles. The molecule has 3 aliphatic rings. The maximum atomic E-state index is 14.1. The lowest BCUT2D eigenvalue weighted by atomic mass is 9.57. The van der Waals surface area contributed by atoms with Crippen molar-refractivity contribution in [2.45, 2.75) is 64.5 Å². The van der Waals surface area contributed by atoms with Gasteiger partial charge in [-0.3, -0.25) is 19.3 Å². The van der Waals surface area contributed by atoms with E-state index in [1.807, 2.05) is 6.07 Å². The number of carbonyl (C=O) groups is 3. The molecule has 1 aromatic carbocycles. The van der Waals surface area contributed by atoms with Crippen molar-refractivity contribution >= 4 is 23.2 Å². The van der Waals surface area contributed by atoms with Gasteiger partial charge in [-0.25, -0.2) is 0 Å². The number of primary amides is 1. The van der Waals surface area contributed by atoms with Crippen LogP contribution in [0.15, 0.2) is 46.0 Å². The van der Waals surface area contributed by atoms with Gasteiger partial charge in [-0.1, -0.05) is 20.8 Å². The van der Waals surface area contributed by atoms with Crippen molar-refractivity contribution in [1.82, 2.24) is 4.90 Å². The third-order valence-electron chi connectivity index (χ3n) is 9.00. The highest BCUT2D eigenvalue weighted by Gasteiger charge is 2.64. The van der Waals surface area contributed by atoms with Crippen molar-refractivity contribution in [1.29, 1.82) is 0 Å². The van der Waals surface area contributed by atoms with Gasteiger partial charge in [-0.05, 0) is 86.4 Å². The van der Waals surface area contributed by atoms with Crippen LogP contribution in [0.3, 0.4) is 0 Å². The number of fused-ring (bicyclic) bond motifs is 3. The zero-order valence-corrected chi connectivity index (χ0v) is 24.5. The molecule has 224 valence electrons. The number of furan rings is 1. The standard InChI is InChI=1S/C32H38N2O8/c1-31(2,3)9-6-7-15-11-18(16-8-10-42-14-16)19-12-17-13-20-24(34(4)5)27(37)23(30(33)40)29(39)32(20,41)28(38)21(17)26(36)22(19)25(15)35/h8,10-11,14,17,20,24,35-36,39,41H,6-7,9,12-13H2,1-5H3,(H2,33,40)/t17-,20-,24-,32-/m1/s1. The number of nitrogens with two attached hydrogens (primary N) is 1. The molecule has 1 saturated carbocycles. The van der Waals surface area contributed by atoms with Crippen molar-refractivity contribution in [3.05, 3.63) is 58.3 Å². The summed E-state index contributed by atoms with van der Waals surface area (Å²) in [4.78, 5) is 41.1. The smallest absolute Gasteiger partial charge is 0.255 e. The summed E-state index contributed by atoms with van der Waals surface area (Å²) in [6.07, 6.45) is 5.54. The van der Waals surface area contributed by atoms with Crippen LogP contribution in [0, 0.1) is 17.3 Å². The molecule has 1 fully saturated rings. The average molecular weight is 579 g/mol. The molecule has 0 bridgehead atoms. The van der Waals surface area contributed by atoms with Gasteiger partial charge in [-0.2, -0.15) is 0 Å². The van der Waals surface area contributed by atoms with E-state index in [2.05, 4.69) is 20.8 Å². The molecule has 5 rings (SSSR count). The van der Waals surface area contributed by atoms with E-state index in [1.165, 1.54) is 11.2 Å². The fraction of sp³-hybridized carbons (Fsp3) is 0.469. The fourth-order valence-corrected chi connectivity index (χ4v) is 7.04. The Balaban J connectivity index is 1.71. The van der Waals surface area contributed by atoms with E-state index in [0.717, 1.165) is 24.0 Å². The summed E-state index contributed by atoms with van der Waals surface area (Å²) in [5.41, 5.74) is 4.60. The topological polar surface area (TPSA) is 175 Å². The number of amides is 1. The summed E-state index contributed by atoms with van der Waals surface area (Å²) >= 11 is 0. The van der Waals surface area contributed by atoms with Crippen LogP contribution in [0.5, 0.6) is 5.75 Å². The number of benzene rings is 1. The number of aryl methyl sites for hydroxylation is 1. The zero-order chi connectivity index (χ0) is 30.9. The van der Waals surface area contributed by atoms with Gasteiger partial charge >= 0.3 is 0 Å². The number of aliphatic hydroxyl groups excluding tert-OH is 2. The first-order valence-corrected chi connectivity index (χ1v) is 14.1. The Morgan fingerprint density at radius 3 is 2.45 bits per heavy atom. The minimum atomic E-state index is -2.67. The van der Waals surface area contributed by atoms with Crippen LogP contribution in [-0.2, 0) is 27.2 Å². The van der Waals surface area contributed by atoms with E-state index in [9.17, 15) is 34.8 Å². The maximum Gasteiger partial charge on any atom is 0.255 e. The van der Waals surface area contributed by atoms with E-state index in [-0.39, 0.29) is 35.1 Å². The number of aromatic hydroxyl groups is 1. The summed E-state index contributed by atoms with van der Waals surface area (Å²) in [6.45, 7) is 6.40. The molecular formula is C32H38N2O8. The van der Waals surface area contributed by atoms with Crippen molar-refractivity contribution in [3.8, 4) is 16.9 Å². The first-order chi connectivity index (χ1) is 19.6. The number of phenols is 1.